The predicted octanol–water partition coefficient (Wildman–Crippen LogP) is 3.24. The first-order valence-electron chi connectivity index (χ1n) is 9.18. The maximum absolute atomic E-state index is 12.6. The van der Waals surface area contributed by atoms with Crippen molar-refractivity contribution >= 4 is 54.0 Å². The summed E-state index contributed by atoms with van der Waals surface area (Å²) in [6, 6.07) is 12.3. The second-order valence-electron chi connectivity index (χ2n) is 7.04. The highest BCUT2D eigenvalue weighted by molar-refractivity contribution is 7.90. The van der Waals surface area contributed by atoms with E-state index in [1.807, 2.05) is 23.1 Å². The summed E-state index contributed by atoms with van der Waals surface area (Å²) in [5.74, 6) is 0.0455. The SMILES string of the molecule is CS(=O)(=O)c1ccc(CC(=O)N2CCN(c3nc4c(Cl)cccc4s3)CC2)cc1. The molecule has 0 saturated carbocycles. The maximum atomic E-state index is 12.6. The minimum Gasteiger partial charge on any atom is -0.345 e. The fourth-order valence-electron chi connectivity index (χ4n) is 3.33. The van der Waals surface area contributed by atoms with Crippen molar-refractivity contribution in [3.8, 4) is 0 Å². The topological polar surface area (TPSA) is 70.6 Å². The lowest BCUT2D eigenvalue weighted by molar-refractivity contribution is -0.130. The summed E-state index contributed by atoms with van der Waals surface area (Å²) >= 11 is 7.84. The average molecular weight is 450 g/mol. The molecule has 29 heavy (non-hydrogen) atoms. The quantitative estimate of drug-likeness (QED) is 0.611. The van der Waals surface area contributed by atoms with Crippen LogP contribution in [0.3, 0.4) is 0 Å². The second-order valence-corrected chi connectivity index (χ2v) is 10.5. The Morgan fingerprint density at radius 2 is 1.79 bits per heavy atom. The van der Waals surface area contributed by atoms with Crippen molar-refractivity contribution in [3.05, 3.63) is 53.1 Å². The Balaban J connectivity index is 1.37. The van der Waals surface area contributed by atoms with Gasteiger partial charge in [0, 0.05) is 32.4 Å². The van der Waals surface area contributed by atoms with Gasteiger partial charge in [-0.25, -0.2) is 13.4 Å². The van der Waals surface area contributed by atoms with Gasteiger partial charge in [0.15, 0.2) is 15.0 Å². The van der Waals surface area contributed by atoms with Crippen LogP contribution in [0.15, 0.2) is 47.4 Å². The van der Waals surface area contributed by atoms with Gasteiger partial charge in [-0.3, -0.25) is 4.79 Å². The highest BCUT2D eigenvalue weighted by Crippen LogP contribution is 2.33. The van der Waals surface area contributed by atoms with Gasteiger partial charge >= 0.3 is 0 Å². The number of piperazine rings is 1. The standard InChI is InChI=1S/C20H20ClN3O3S2/c1-29(26,27)15-7-5-14(6-8-15)13-18(25)23-9-11-24(12-10-23)20-22-19-16(21)3-2-4-17(19)28-20/h2-8H,9-13H2,1H3. The molecule has 1 saturated heterocycles. The summed E-state index contributed by atoms with van der Waals surface area (Å²) in [6.45, 7) is 2.69. The largest absolute Gasteiger partial charge is 0.345 e. The van der Waals surface area contributed by atoms with Gasteiger partial charge in [-0.2, -0.15) is 0 Å². The summed E-state index contributed by atoms with van der Waals surface area (Å²) in [7, 11) is -3.23. The molecule has 1 aliphatic heterocycles. The zero-order valence-corrected chi connectivity index (χ0v) is 18.2. The van der Waals surface area contributed by atoms with Crippen molar-refractivity contribution in [1.82, 2.24) is 9.88 Å². The predicted molar refractivity (Wildman–Crippen MR) is 117 cm³/mol. The monoisotopic (exact) mass is 449 g/mol. The van der Waals surface area contributed by atoms with Gasteiger partial charge < -0.3 is 9.80 Å². The lowest BCUT2D eigenvalue weighted by Crippen LogP contribution is -2.49. The Morgan fingerprint density at radius 3 is 2.41 bits per heavy atom. The van der Waals surface area contributed by atoms with Crippen molar-refractivity contribution in [2.24, 2.45) is 0 Å². The average Bonchev–Trinajstić information content (AvgIpc) is 3.14. The van der Waals surface area contributed by atoms with Gasteiger partial charge in [0.2, 0.25) is 5.91 Å². The summed E-state index contributed by atoms with van der Waals surface area (Å²) in [6.07, 6.45) is 1.44. The number of hydrogen-bond donors (Lipinski definition) is 0. The van der Waals surface area contributed by atoms with Gasteiger partial charge in [-0.05, 0) is 29.8 Å². The number of benzene rings is 2. The number of carbonyl (C=O) groups is 1. The number of anilines is 1. The van der Waals surface area contributed by atoms with Crippen molar-refractivity contribution < 1.29 is 13.2 Å². The van der Waals surface area contributed by atoms with E-state index in [9.17, 15) is 13.2 Å². The van der Waals surface area contributed by atoms with Gasteiger partial charge in [-0.1, -0.05) is 41.1 Å². The normalized spacial score (nSPS) is 15.1. The molecule has 2 heterocycles. The molecule has 1 amide bonds. The number of nitrogens with zero attached hydrogens (tertiary/aromatic N) is 3. The van der Waals surface area contributed by atoms with E-state index in [-0.39, 0.29) is 17.2 Å². The van der Waals surface area contributed by atoms with E-state index < -0.39 is 9.84 Å². The summed E-state index contributed by atoms with van der Waals surface area (Å²) in [5, 5.41) is 1.58. The number of carbonyl (C=O) groups excluding carboxylic acids is 1. The Labute approximate surface area is 178 Å². The molecule has 152 valence electrons. The number of sulfone groups is 1. The maximum Gasteiger partial charge on any atom is 0.227 e. The number of rotatable bonds is 4. The molecule has 0 unspecified atom stereocenters. The molecule has 1 aliphatic rings. The van der Waals surface area contributed by atoms with Crippen LogP contribution in [-0.2, 0) is 21.1 Å². The van der Waals surface area contributed by atoms with Crippen LogP contribution in [0.25, 0.3) is 10.2 Å². The summed E-state index contributed by atoms with van der Waals surface area (Å²) in [5.41, 5.74) is 1.64. The summed E-state index contributed by atoms with van der Waals surface area (Å²) < 4.78 is 24.2. The molecule has 9 heteroatoms. The minimum atomic E-state index is -3.23. The molecule has 0 radical (unpaired) electrons. The number of thiazole rings is 1. The molecule has 0 bridgehead atoms. The van der Waals surface area contributed by atoms with Crippen LogP contribution in [-0.4, -0.2) is 56.6 Å². The summed E-state index contributed by atoms with van der Waals surface area (Å²) in [4.78, 5) is 21.6. The number of halogens is 1. The first kappa shape index (κ1) is 20.1. The fraction of sp³-hybridized carbons (Fsp3) is 0.300. The van der Waals surface area contributed by atoms with Gasteiger partial charge in [-0.15, -0.1) is 0 Å². The lowest BCUT2D eigenvalue weighted by Gasteiger charge is -2.34. The van der Waals surface area contributed by atoms with E-state index in [0.29, 0.717) is 18.1 Å². The molecule has 3 aromatic rings. The van der Waals surface area contributed by atoms with Crippen LogP contribution < -0.4 is 4.90 Å². The smallest absolute Gasteiger partial charge is 0.227 e. The molecular formula is C20H20ClN3O3S2. The van der Waals surface area contributed by atoms with Crippen LogP contribution in [0.1, 0.15) is 5.56 Å². The molecular weight excluding hydrogens is 430 g/mol. The van der Waals surface area contributed by atoms with Gasteiger partial charge in [0.1, 0.15) is 5.52 Å². The number of amides is 1. The van der Waals surface area contributed by atoms with E-state index in [0.717, 1.165) is 34.0 Å². The van der Waals surface area contributed by atoms with E-state index >= 15 is 0 Å². The molecule has 0 aliphatic carbocycles. The van der Waals surface area contributed by atoms with E-state index in [2.05, 4.69) is 9.88 Å². The lowest BCUT2D eigenvalue weighted by atomic mass is 10.1. The number of fused-ring (bicyclic) bond motifs is 1. The second kappa shape index (κ2) is 7.93. The molecule has 6 nitrogen and oxygen atoms in total. The fourth-order valence-corrected chi connectivity index (χ4v) is 5.27. The molecule has 4 rings (SSSR count). The van der Waals surface area contributed by atoms with Crippen LogP contribution in [0.2, 0.25) is 5.02 Å². The van der Waals surface area contributed by atoms with Crippen molar-refractivity contribution in [1.29, 1.82) is 0 Å². The molecule has 2 aromatic carbocycles. The first-order chi connectivity index (χ1) is 13.8. The van der Waals surface area contributed by atoms with Gasteiger partial charge in [0.05, 0.1) is 21.0 Å². The van der Waals surface area contributed by atoms with Crippen LogP contribution in [0, 0.1) is 0 Å². The number of para-hydroxylation sites is 1. The molecule has 0 spiro atoms. The third-order valence-electron chi connectivity index (χ3n) is 4.97. The highest BCUT2D eigenvalue weighted by Gasteiger charge is 2.23. The molecule has 0 N–H and O–H groups in total. The number of aromatic nitrogens is 1. The number of hydrogen-bond acceptors (Lipinski definition) is 6. The Kier molecular flexibility index (Phi) is 5.50. The minimum absolute atomic E-state index is 0.0455. The van der Waals surface area contributed by atoms with Crippen LogP contribution >= 0.6 is 22.9 Å². The zero-order chi connectivity index (χ0) is 20.6. The zero-order valence-electron chi connectivity index (χ0n) is 15.8. The van der Waals surface area contributed by atoms with Gasteiger partial charge in [0.25, 0.3) is 0 Å². The van der Waals surface area contributed by atoms with E-state index in [4.69, 9.17) is 11.6 Å². The van der Waals surface area contributed by atoms with Crippen molar-refractivity contribution in [2.45, 2.75) is 11.3 Å². The molecule has 1 aromatic heterocycles. The molecule has 0 atom stereocenters. The highest BCUT2D eigenvalue weighted by atomic mass is 35.5. The van der Waals surface area contributed by atoms with Crippen LogP contribution in [0.5, 0.6) is 0 Å². The van der Waals surface area contributed by atoms with Crippen molar-refractivity contribution in [3.63, 3.8) is 0 Å². The van der Waals surface area contributed by atoms with E-state index in [1.165, 1.54) is 6.26 Å². The first-order valence-corrected chi connectivity index (χ1v) is 12.3. The Hall–Kier alpha value is -2.16. The third-order valence-corrected chi connectivity index (χ3v) is 7.48. The molecule has 1 fully saturated rings. The van der Waals surface area contributed by atoms with Crippen LogP contribution in [0.4, 0.5) is 5.13 Å². The van der Waals surface area contributed by atoms with E-state index in [1.54, 1.807) is 35.6 Å². The Bertz CT molecular complexity index is 1150. The Morgan fingerprint density at radius 1 is 1.10 bits per heavy atom. The third kappa shape index (κ3) is 4.39. The van der Waals surface area contributed by atoms with Crippen molar-refractivity contribution in [2.75, 3.05) is 37.3 Å².